The van der Waals surface area contributed by atoms with Gasteiger partial charge in [0.15, 0.2) is 5.78 Å². The Hall–Kier alpha value is -1.89. The van der Waals surface area contributed by atoms with Crippen LogP contribution in [0.4, 0.5) is 0 Å². The second kappa shape index (κ2) is 3.93. The van der Waals surface area contributed by atoms with E-state index in [0.29, 0.717) is 5.56 Å². The Morgan fingerprint density at radius 2 is 1.94 bits per heavy atom. The van der Waals surface area contributed by atoms with Gasteiger partial charge in [-0.25, -0.2) is 0 Å². The summed E-state index contributed by atoms with van der Waals surface area (Å²) in [5.41, 5.74) is 3.16. The summed E-state index contributed by atoms with van der Waals surface area (Å²) in [6.45, 7) is 7.65. The molecular weight excluding hydrogens is 196 g/mol. The van der Waals surface area contributed by atoms with Crippen LogP contribution in [0.15, 0.2) is 43.0 Å². The summed E-state index contributed by atoms with van der Waals surface area (Å²) in [6, 6.07) is 10.0. The molecule has 0 N–H and O–H groups in total. The molecule has 0 aromatic heterocycles. The minimum Gasteiger partial charge on any atom is -0.289 e. The number of fused-ring (bicyclic) bond motifs is 1. The van der Waals surface area contributed by atoms with Crippen LogP contribution in [0.3, 0.4) is 0 Å². The number of hydrogen-bond donors (Lipinski definition) is 0. The third kappa shape index (κ3) is 1.76. The fourth-order valence-electron chi connectivity index (χ4n) is 2.02. The molecule has 0 aliphatic rings. The summed E-state index contributed by atoms with van der Waals surface area (Å²) in [7, 11) is 0. The van der Waals surface area contributed by atoms with Gasteiger partial charge in [0, 0.05) is 5.56 Å². The van der Waals surface area contributed by atoms with Crippen molar-refractivity contribution in [2.45, 2.75) is 13.8 Å². The van der Waals surface area contributed by atoms with E-state index in [9.17, 15) is 4.79 Å². The van der Waals surface area contributed by atoms with Crippen LogP contribution in [0.2, 0.25) is 0 Å². The van der Waals surface area contributed by atoms with Crippen LogP contribution < -0.4 is 0 Å². The van der Waals surface area contributed by atoms with E-state index in [0.717, 1.165) is 5.39 Å². The monoisotopic (exact) mass is 210 g/mol. The van der Waals surface area contributed by atoms with Crippen molar-refractivity contribution in [2.75, 3.05) is 0 Å². The summed E-state index contributed by atoms with van der Waals surface area (Å²) >= 11 is 0. The van der Waals surface area contributed by atoms with Crippen LogP contribution in [0, 0.1) is 13.8 Å². The zero-order valence-electron chi connectivity index (χ0n) is 9.58. The second-order valence-corrected chi connectivity index (χ2v) is 4.09. The lowest BCUT2D eigenvalue weighted by molar-refractivity contribution is 0.104. The van der Waals surface area contributed by atoms with Crippen LogP contribution in [0.25, 0.3) is 10.8 Å². The van der Waals surface area contributed by atoms with Crippen molar-refractivity contribution in [2.24, 2.45) is 0 Å². The highest BCUT2D eigenvalue weighted by Gasteiger charge is 2.04. The number of carbonyl (C=O) groups is 1. The lowest BCUT2D eigenvalue weighted by atomic mass is 9.99. The van der Waals surface area contributed by atoms with Crippen LogP contribution in [-0.2, 0) is 0 Å². The van der Waals surface area contributed by atoms with Gasteiger partial charge < -0.3 is 0 Å². The number of allylic oxidation sites excluding steroid dienone is 1. The molecule has 1 heteroatoms. The molecule has 1 nitrogen and oxygen atoms in total. The molecule has 0 saturated heterocycles. The minimum atomic E-state index is -0.0268. The van der Waals surface area contributed by atoms with Gasteiger partial charge in [0.1, 0.15) is 0 Å². The Morgan fingerprint density at radius 3 is 2.62 bits per heavy atom. The van der Waals surface area contributed by atoms with Crippen LogP contribution >= 0.6 is 0 Å². The minimum absolute atomic E-state index is 0.0268. The summed E-state index contributed by atoms with van der Waals surface area (Å²) in [4.78, 5) is 11.5. The molecule has 0 atom stereocenters. The molecule has 0 radical (unpaired) electrons. The molecule has 2 rings (SSSR count). The average Bonchev–Trinajstić information content (AvgIpc) is 2.27. The Kier molecular flexibility index (Phi) is 2.61. The van der Waals surface area contributed by atoms with Crippen LogP contribution in [0.5, 0.6) is 0 Å². The van der Waals surface area contributed by atoms with Crippen molar-refractivity contribution in [3.8, 4) is 0 Å². The van der Waals surface area contributed by atoms with Crippen molar-refractivity contribution in [3.05, 3.63) is 59.7 Å². The number of carbonyl (C=O) groups excluding carboxylic acids is 1. The fraction of sp³-hybridized carbons (Fsp3) is 0.133. The van der Waals surface area contributed by atoms with E-state index in [1.54, 1.807) is 0 Å². The van der Waals surface area contributed by atoms with Gasteiger partial charge in [-0.15, -0.1) is 0 Å². The third-order valence-electron chi connectivity index (χ3n) is 2.77. The molecule has 0 bridgehead atoms. The Bertz CT molecular complexity index is 579. The lowest BCUT2D eigenvalue weighted by Gasteiger charge is -2.05. The quantitative estimate of drug-likeness (QED) is 0.544. The van der Waals surface area contributed by atoms with Gasteiger partial charge in [0.2, 0.25) is 0 Å². The maximum atomic E-state index is 11.5. The summed E-state index contributed by atoms with van der Waals surface area (Å²) in [5.74, 6) is -0.0268. The van der Waals surface area contributed by atoms with Crippen molar-refractivity contribution in [1.82, 2.24) is 0 Å². The van der Waals surface area contributed by atoms with E-state index in [4.69, 9.17) is 0 Å². The van der Waals surface area contributed by atoms with Crippen molar-refractivity contribution < 1.29 is 4.79 Å². The molecule has 80 valence electrons. The molecule has 0 aliphatic heterocycles. The summed E-state index contributed by atoms with van der Waals surface area (Å²) in [5, 5.41) is 2.32. The fourth-order valence-corrected chi connectivity index (χ4v) is 2.02. The molecular formula is C15H14O. The molecule has 2 aromatic rings. The smallest absolute Gasteiger partial charge is 0.185 e. The predicted octanol–water partition coefficient (Wildman–Crippen LogP) is 3.83. The lowest BCUT2D eigenvalue weighted by Crippen LogP contribution is -1.93. The standard InChI is InChI=1S/C15H14O/c1-4-15(16)12-5-6-14-11(3)7-10(2)8-13(14)9-12/h4-9H,1H2,2-3H3. The first kappa shape index (κ1) is 10.6. The highest BCUT2D eigenvalue weighted by atomic mass is 16.1. The Morgan fingerprint density at radius 1 is 1.19 bits per heavy atom. The second-order valence-electron chi connectivity index (χ2n) is 4.09. The van der Waals surface area contributed by atoms with E-state index in [1.807, 2.05) is 18.2 Å². The van der Waals surface area contributed by atoms with Crippen molar-refractivity contribution >= 4 is 16.6 Å². The van der Waals surface area contributed by atoms with Gasteiger partial charge >= 0.3 is 0 Å². The van der Waals surface area contributed by atoms with Gasteiger partial charge in [-0.3, -0.25) is 4.79 Å². The number of aryl methyl sites for hydroxylation is 2. The molecule has 0 amide bonds. The van der Waals surface area contributed by atoms with Gasteiger partial charge in [0.05, 0.1) is 0 Å². The molecule has 0 aliphatic carbocycles. The van der Waals surface area contributed by atoms with E-state index < -0.39 is 0 Å². The van der Waals surface area contributed by atoms with Crippen molar-refractivity contribution in [3.63, 3.8) is 0 Å². The predicted molar refractivity (Wildman–Crippen MR) is 67.9 cm³/mol. The first-order valence-electron chi connectivity index (χ1n) is 5.29. The highest BCUT2D eigenvalue weighted by Crippen LogP contribution is 2.22. The third-order valence-corrected chi connectivity index (χ3v) is 2.77. The molecule has 16 heavy (non-hydrogen) atoms. The maximum absolute atomic E-state index is 11.5. The zero-order valence-corrected chi connectivity index (χ0v) is 9.58. The first-order valence-corrected chi connectivity index (χ1v) is 5.29. The highest BCUT2D eigenvalue weighted by molar-refractivity contribution is 6.06. The van der Waals surface area contributed by atoms with Crippen LogP contribution in [0.1, 0.15) is 21.5 Å². The molecule has 0 heterocycles. The zero-order chi connectivity index (χ0) is 11.7. The Labute approximate surface area is 95.4 Å². The number of hydrogen-bond acceptors (Lipinski definition) is 1. The Balaban J connectivity index is 2.70. The number of benzene rings is 2. The largest absolute Gasteiger partial charge is 0.289 e. The van der Waals surface area contributed by atoms with E-state index in [1.165, 1.54) is 22.6 Å². The summed E-state index contributed by atoms with van der Waals surface area (Å²) < 4.78 is 0. The van der Waals surface area contributed by atoms with E-state index in [-0.39, 0.29) is 5.78 Å². The molecule has 0 fully saturated rings. The number of rotatable bonds is 2. The van der Waals surface area contributed by atoms with Gasteiger partial charge in [-0.1, -0.05) is 36.4 Å². The normalized spacial score (nSPS) is 10.4. The van der Waals surface area contributed by atoms with Gasteiger partial charge in [0.25, 0.3) is 0 Å². The molecule has 0 saturated carbocycles. The topological polar surface area (TPSA) is 17.1 Å². The average molecular weight is 210 g/mol. The van der Waals surface area contributed by atoms with Gasteiger partial charge in [-0.2, -0.15) is 0 Å². The summed E-state index contributed by atoms with van der Waals surface area (Å²) in [6.07, 6.45) is 1.35. The molecule has 0 spiro atoms. The maximum Gasteiger partial charge on any atom is 0.185 e. The SMILES string of the molecule is C=CC(=O)c1ccc2c(C)cc(C)cc2c1. The number of ketones is 1. The van der Waals surface area contributed by atoms with E-state index in [2.05, 4.69) is 32.6 Å². The van der Waals surface area contributed by atoms with Gasteiger partial charge in [-0.05, 0) is 42.3 Å². The molecule has 0 unspecified atom stereocenters. The molecule has 2 aromatic carbocycles. The van der Waals surface area contributed by atoms with Crippen LogP contribution in [-0.4, -0.2) is 5.78 Å². The van der Waals surface area contributed by atoms with Crippen molar-refractivity contribution in [1.29, 1.82) is 0 Å². The van der Waals surface area contributed by atoms with E-state index >= 15 is 0 Å². The first-order chi connectivity index (χ1) is 7.61.